The molecule has 2 aromatic rings. The Hall–Kier alpha value is -1.61. The van der Waals surface area contributed by atoms with Gasteiger partial charge in [0.1, 0.15) is 0 Å². The number of hydrogen-bond donors (Lipinski definition) is 1. The second-order valence-electron chi connectivity index (χ2n) is 6.77. The van der Waals surface area contributed by atoms with Crippen molar-refractivity contribution in [2.24, 2.45) is 0 Å². The van der Waals surface area contributed by atoms with Crippen LogP contribution in [0.5, 0.6) is 0 Å². The number of aromatic nitrogens is 1. The standard InChI is InChI=1S/C18H21Cl2N3O4S/c1-28(25,26)23-8-2-3-13(11-23)22-17(24)6-7-18-21-10-16(27-18)14-5-4-12(19)9-15(14)20/h4-5,9-10,13H,2-3,6-8,11H2,1H3,(H,22,24). The summed E-state index contributed by atoms with van der Waals surface area (Å²) in [6.45, 7) is 0.806. The fourth-order valence-corrected chi connectivity index (χ4v) is 4.53. The van der Waals surface area contributed by atoms with Crippen LogP contribution in [0.3, 0.4) is 0 Å². The number of nitrogens with one attached hydrogen (secondary N) is 1. The normalized spacial score (nSPS) is 18.2. The molecule has 1 aromatic carbocycles. The molecule has 7 nitrogen and oxygen atoms in total. The first kappa shape index (κ1) is 21.1. The molecule has 1 aliphatic rings. The quantitative estimate of drug-likeness (QED) is 0.736. The molecule has 1 fully saturated rings. The van der Waals surface area contributed by atoms with E-state index in [0.717, 1.165) is 12.8 Å². The molecular formula is C18H21Cl2N3O4S. The Kier molecular flexibility index (Phi) is 6.65. The van der Waals surface area contributed by atoms with Gasteiger partial charge in [0.25, 0.3) is 0 Å². The van der Waals surface area contributed by atoms with Gasteiger partial charge in [-0.05, 0) is 31.0 Å². The zero-order valence-electron chi connectivity index (χ0n) is 15.3. The van der Waals surface area contributed by atoms with Crippen LogP contribution in [-0.2, 0) is 21.2 Å². The highest BCUT2D eigenvalue weighted by Gasteiger charge is 2.26. The van der Waals surface area contributed by atoms with E-state index in [0.29, 0.717) is 46.8 Å². The summed E-state index contributed by atoms with van der Waals surface area (Å²) in [7, 11) is -3.24. The number of benzene rings is 1. The zero-order valence-corrected chi connectivity index (χ0v) is 17.6. The molecule has 0 spiro atoms. The molecule has 1 atom stereocenters. The molecule has 0 aliphatic carbocycles. The maximum absolute atomic E-state index is 12.2. The molecule has 0 radical (unpaired) electrons. The molecule has 152 valence electrons. The van der Waals surface area contributed by atoms with Crippen molar-refractivity contribution < 1.29 is 17.6 Å². The smallest absolute Gasteiger partial charge is 0.220 e. The first-order valence-corrected chi connectivity index (χ1v) is 11.5. The van der Waals surface area contributed by atoms with Crippen LogP contribution < -0.4 is 5.32 Å². The lowest BCUT2D eigenvalue weighted by molar-refractivity contribution is -0.122. The number of oxazole rings is 1. The predicted molar refractivity (Wildman–Crippen MR) is 108 cm³/mol. The molecule has 10 heteroatoms. The Balaban J connectivity index is 1.53. The Bertz CT molecular complexity index is 961. The van der Waals surface area contributed by atoms with Crippen LogP contribution in [0.2, 0.25) is 10.0 Å². The van der Waals surface area contributed by atoms with E-state index in [9.17, 15) is 13.2 Å². The highest BCUT2D eigenvalue weighted by atomic mass is 35.5. The minimum Gasteiger partial charge on any atom is -0.441 e. The van der Waals surface area contributed by atoms with Crippen LogP contribution >= 0.6 is 23.2 Å². The van der Waals surface area contributed by atoms with Gasteiger partial charge < -0.3 is 9.73 Å². The third kappa shape index (κ3) is 5.47. The van der Waals surface area contributed by atoms with Crippen molar-refractivity contribution in [2.45, 2.75) is 31.7 Å². The summed E-state index contributed by atoms with van der Waals surface area (Å²) in [6.07, 6.45) is 4.76. The van der Waals surface area contributed by atoms with E-state index in [1.807, 2.05) is 0 Å². The molecule has 1 N–H and O–H groups in total. The minimum absolute atomic E-state index is 0.162. The number of rotatable bonds is 6. The van der Waals surface area contributed by atoms with Gasteiger partial charge in [0.05, 0.1) is 17.5 Å². The highest BCUT2D eigenvalue weighted by molar-refractivity contribution is 7.88. The summed E-state index contributed by atoms with van der Waals surface area (Å²) < 4.78 is 30.4. The molecule has 3 rings (SSSR count). The summed E-state index contributed by atoms with van der Waals surface area (Å²) in [5.74, 6) is 0.773. The Morgan fingerprint density at radius 3 is 2.89 bits per heavy atom. The average molecular weight is 446 g/mol. The first-order valence-electron chi connectivity index (χ1n) is 8.87. The summed E-state index contributed by atoms with van der Waals surface area (Å²) in [4.78, 5) is 16.4. The molecule has 2 heterocycles. The lowest BCUT2D eigenvalue weighted by atomic mass is 10.1. The third-order valence-electron chi connectivity index (χ3n) is 4.53. The lowest BCUT2D eigenvalue weighted by Gasteiger charge is -2.31. The van der Waals surface area contributed by atoms with Crippen LogP contribution in [0.4, 0.5) is 0 Å². The van der Waals surface area contributed by atoms with Gasteiger partial charge in [0.15, 0.2) is 11.7 Å². The van der Waals surface area contributed by atoms with Gasteiger partial charge >= 0.3 is 0 Å². The van der Waals surface area contributed by atoms with E-state index >= 15 is 0 Å². The largest absolute Gasteiger partial charge is 0.441 e. The molecule has 0 bridgehead atoms. The maximum Gasteiger partial charge on any atom is 0.220 e. The molecule has 1 aromatic heterocycles. The van der Waals surface area contributed by atoms with Gasteiger partial charge in [-0.1, -0.05) is 23.2 Å². The van der Waals surface area contributed by atoms with E-state index in [-0.39, 0.29) is 18.4 Å². The van der Waals surface area contributed by atoms with Crippen molar-refractivity contribution in [3.8, 4) is 11.3 Å². The second kappa shape index (κ2) is 8.82. The van der Waals surface area contributed by atoms with Gasteiger partial charge in [-0.2, -0.15) is 0 Å². The lowest BCUT2D eigenvalue weighted by Crippen LogP contribution is -2.49. The number of halogens is 2. The van der Waals surface area contributed by atoms with Gasteiger partial charge in [-0.25, -0.2) is 17.7 Å². The monoisotopic (exact) mass is 445 g/mol. The van der Waals surface area contributed by atoms with Crippen molar-refractivity contribution in [1.82, 2.24) is 14.6 Å². The Labute approximate surface area is 174 Å². The van der Waals surface area contributed by atoms with Crippen LogP contribution in [-0.4, -0.2) is 49.0 Å². The van der Waals surface area contributed by atoms with E-state index in [1.165, 1.54) is 10.6 Å². The number of amides is 1. The maximum atomic E-state index is 12.2. The van der Waals surface area contributed by atoms with Crippen LogP contribution in [0, 0.1) is 0 Å². The van der Waals surface area contributed by atoms with Crippen molar-refractivity contribution in [1.29, 1.82) is 0 Å². The SMILES string of the molecule is CS(=O)(=O)N1CCCC(NC(=O)CCc2ncc(-c3ccc(Cl)cc3Cl)o2)C1. The second-order valence-corrected chi connectivity index (χ2v) is 9.60. The Morgan fingerprint density at radius 2 is 2.18 bits per heavy atom. The molecule has 0 saturated carbocycles. The molecule has 1 saturated heterocycles. The van der Waals surface area contributed by atoms with Crippen molar-refractivity contribution in [3.63, 3.8) is 0 Å². The highest BCUT2D eigenvalue weighted by Crippen LogP contribution is 2.30. The summed E-state index contributed by atoms with van der Waals surface area (Å²) in [6, 6.07) is 4.91. The molecule has 1 amide bonds. The number of carbonyl (C=O) groups is 1. The third-order valence-corrected chi connectivity index (χ3v) is 6.35. The summed E-state index contributed by atoms with van der Waals surface area (Å²) in [5, 5.41) is 3.88. The van der Waals surface area contributed by atoms with Crippen LogP contribution in [0.1, 0.15) is 25.2 Å². The van der Waals surface area contributed by atoms with Gasteiger partial charge in [-0.3, -0.25) is 4.79 Å². The van der Waals surface area contributed by atoms with Gasteiger partial charge in [0, 0.05) is 42.6 Å². The molecule has 1 unspecified atom stereocenters. The number of carbonyl (C=O) groups excluding carboxylic acids is 1. The van der Waals surface area contributed by atoms with Crippen molar-refractivity contribution in [2.75, 3.05) is 19.3 Å². The summed E-state index contributed by atoms with van der Waals surface area (Å²) >= 11 is 12.1. The van der Waals surface area contributed by atoms with E-state index in [1.54, 1.807) is 24.4 Å². The topological polar surface area (TPSA) is 92.5 Å². The number of sulfonamides is 1. The summed E-state index contributed by atoms with van der Waals surface area (Å²) in [5.41, 5.74) is 0.678. The molecular weight excluding hydrogens is 425 g/mol. The average Bonchev–Trinajstić information content (AvgIpc) is 3.08. The predicted octanol–water partition coefficient (Wildman–Crippen LogP) is 3.12. The Morgan fingerprint density at radius 1 is 1.39 bits per heavy atom. The van der Waals surface area contributed by atoms with Crippen molar-refractivity contribution in [3.05, 3.63) is 40.3 Å². The number of hydrogen-bond acceptors (Lipinski definition) is 5. The van der Waals surface area contributed by atoms with Crippen molar-refractivity contribution >= 4 is 39.1 Å². The fourth-order valence-electron chi connectivity index (χ4n) is 3.12. The van der Waals surface area contributed by atoms with Gasteiger partial charge in [0.2, 0.25) is 15.9 Å². The number of piperidine rings is 1. The number of nitrogens with zero attached hydrogens (tertiary/aromatic N) is 2. The fraction of sp³-hybridized carbons (Fsp3) is 0.444. The van der Waals surface area contributed by atoms with E-state index < -0.39 is 10.0 Å². The molecule has 28 heavy (non-hydrogen) atoms. The zero-order chi connectivity index (χ0) is 20.3. The minimum atomic E-state index is -3.24. The van der Waals surface area contributed by atoms with E-state index in [2.05, 4.69) is 10.3 Å². The number of aryl methyl sites for hydroxylation is 1. The van der Waals surface area contributed by atoms with Crippen LogP contribution in [0.25, 0.3) is 11.3 Å². The van der Waals surface area contributed by atoms with Crippen LogP contribution in [0.15, 0.2) is 28.8 Å². The van der Waals surface area contributed by atoms with Gasteiger partial charge in [-0.15, -0.1) is 0 Å². The first-order chi connectivity index (χ1) is 13.2. The molecule has 1 aliphatic heterocycles. The van der Waals surface area contributed by atoms with E-state index in [4.69, 9.17) is 27.6 Å².